The second-order valence-corrected chi connectivity index (χ2v) is 4.95. The van der Waals surface area contributed by atoms with Crippen LogP contribution in [0, 0.1) is 10.1 Å². The third-order valence-corrected chi connectivity index (χ3v) is 3.15. The van der Waals surface area contributed by atoms with E-state index >= 15 is 0 Å². The van der Waals surface area contributed by atoms with Gasteiger partial charge in [-0.25, -0.2) is 0 Å². The van der Waals surface area contributed by atoms with Gasteiger partial charge in [0.1, 0.15) is 5.75 Å². The molecule has 0 spiro atoms. The molecule has 0 saturated carbocycles. The first-order valence-electron chi connectivity index (χ1n) is 6.98. The van der Waals surface area contributed by atoms with Gasteiger partial charge in [0, 0.05) is 17.3 Å². The summed E-state index contributed by atoms with van der Waals surface area (Å²) in [6, 6.07) is 11.6. The van der Waals surface area contributed by atoms with E-state index in [0.29, 0.717) is 11.3 Å². The van der Waals surface area contributed by atoms with Crippen LogP contribution in [0.3, 0.4) is 0 Å². The minimum Gasteiger partial charge on any atom is -0.481 e. The van der Waals surface area contributed by atoms with Crippen LogP contribution in [0.25, 0.3) is 0 Å². The first-order chi connectivity index (χ1) is 11.4. The summed E-state index contributed by atoms with van der Waals surface area (Å²) in [5, 5.41) is 13.3. The summed E-state index contributed by atoms with van der Waals surface area (Å²) in [7, 11) is 0. The molecule has 24 heavy (non-hydrogen) atoms. The van der Waals surface area contributed by atoms with Gasteiger partial charge in [-0.3, -0.25) is 19.7 Å². The molecule has 0 unspecified atom stereocenters. The summed E-state index contributed by atoms with van der Waals surface area (Å²) in [4.78, 5) is 33.3. The molecule has 0 aliphatic rings. The van der Waals surface area contributed by atoms with Crippen molar-refractivity contribution in [1.82, 2.24) is 0 Å². The second-order valence-electron chi connectivity index (χ2n) is 4.95. The number of carbonyl (C=O) groups excluding carboxylic acids is 2. The maximum atomic E-state index is 12.1. The molecule has 0 aliphatic carbocycles. The molecule has 2 amide bonds. The smallest absolute Gasteiger partial charge is 0.273 e. The second kappa shape index (κ2) is 7.23. The Labute approximate surface area is 137 Å². The van der Waals surface area contributed by atoms with Gasteiger partial charge in [0.15, 0.2) is 6.10 Å². The molecule has 3 N–H and O–H groups in total. The maximum Gasteiger partial charge on any atom is 0.273 e. The van der Waals surface area contributed by atoms with Crippen molar-refractivity contribution >= 4 is 23.2 Å². The number of amides is 2. The molecule has 0 aliphatic heterocycles. The van der Waals surface area contributed by atoms with Gasteiger partial charge >= 0.3 is 0 Å². The number of nitrogens with one attached hydrogen (secondary N) is 1. The topological polar surface area (TPSA) is 125 Å². The molecule has 0 fully saturated rings. The van der Waals surface area contributed by atoms with Crippen molar-refractivity contribution in [3.05, 3.63) is 64.2 Å². The summed E-state index contributed by atoms with van der Waals surface area (Å²) >= 11 is 0. The van der Waals surface area contributed by atoms with Crippen molar-refractivity contribution in [1.29, 1.82) is 0 Å². The lowest BCUT2D eigenvalue weighted by Crippen LogP contribution is -2.30. The quantitative estimate of drug-likeness (QED) is 0.620. The standard InChI is InChI=1S/C16H15N3O5/c1-10(24-14-4-2-3-13(9-14)19(22)23)16(21)18-12-7-5-11(6-8-12)15(17)20/h2-10H,1H3,(H2,17,20)(H,18,21)/t10-/m1/s1. The van der Waals surface area contributed by atoms with E-state index in [-0.39, 0.29) is 11.4 Å². The Morgan fingerprint density at radius 3 is 2.46 bits per heavy atom. The number of nitro benzene ring substituents is 1. The molecule has 8 nitrogen and oxygen atoms in total. The lowest BCUT2D eigenvalue weighted by molar-refractivity contribution is -0.384. The normalized spacial score (nSPS) is 11.4. The third kappa shape index (κ3) is 4.29. The number of hydrogen-bond acceptors (Lipinski definition) is 5. The Morgan fingerprint density at radius 1 is 1.21 bits per heavy atom. The van der Waals surface area contributed by atoms with Crippen molar-refractivity contribution in [3.63, 3.8) is 0 Å². The zero-order chi connectivity index (χ0) is 17.7. The van der Waals surface area contributed by atoms with E-state index in [1.807, 2.05) is 0 Å². The predicted octanol–water partition coefficient (Wildman–Crippen LogP) is 2.10. The van der Waals surface area contributed by atoms with Crippen molar-refractivity contribution in [3.8, 4) is 5.75 Å². The molecular weight excluding hydrogens is 314 g/mol. The molecule has 2 aromatic carbocycles. The molecule has 2 aromatic rings. The predicted molar refractivity (Wildman–Crippen MR) is 86.8 cm³/mol. The highest BCUT2D eigenvalue weighted by Gasteiger charge is 2.16. The molecule has 0 bridgehead atoms. The van der Waals surface area contributed by atoms with Gasteiger partial charge < -0.3 is 15.8 Å². The van der Waals surface area contributed by atoms with Crippen LogP contribution in [-0.4, -0.2) is 22.8 Å². The molecule has 1 atom stereocenters. The molecule has 2 rings (SSSR count). The van der Waals surface area contributed by atoms with Crippen LogP contribution in [0.5, 0.6) is 5.75 Å². The van der Waals surface area contributed by atoms with E-state index in [4.69, 9.17) is 10.5 Å². The van der Waals surface area contributed by atoms with Gasteiger partial charge in [-0.05, 0) is 37.3 Å². The Morgan fingerprint density at radius 2 is 1.88 bits per heavy atom. The zero-order valence-electron chi connectivity index (χ0n) is 12.8. The average molecular weight is 329 g/mol. The van der Waals surface area contributed by atoms with Crippen LogP contribution in [0.4, 0.5) is 11.4 Å². The molecular formula is C16H15N3O5. The first-order valence-corrected chi connectivity index (χ1v) is 6.98. The number of nitrogens with zero attached hydrogens (tertiary/aromatic N) is 1. The van der Waals surface area contributed by atoms with Crippen LogP contribution in [0.1, 0.15) is 17.3 Å². The molecule has 0 radical (unpaired) electrons. The Hall–Kier alpha value is -3.42. The number of anilines is 1. The molecule has 0 aromatic heterocycles. The van der Waals surface area contributed by atoms with Crippen molar-refractivity contribution in [2.24, 2.45) is 5.73 Å². The van der Waals surface area contributed by atoms with E-state index in [1.165, 1.54) is 55.5 Å². The van der Waals surface area contributed by atoms with Crippen LogP contribution in [0.2, 0.25) is 0 Å². The lowest BCUT2D eigenvalue weighted by atomic mass is 10.2. The fraction of sp³-hybridized carbons (Fsp3) is 0.125. The SMILES string of the molecule is C[C@@H](Oc1cccc([N+](=O)[O-])c1)C(=O)Nc1ccc(C(N)=O)cc1. The highest BCUT2D eigenvalue weighted by atomic mass is 16.6. The Kier molecular flexibility index (Phi) is 5.10. The van der Waals surface area contributed by atoms with Gasteiger partial charge in [0.05, 0.1) is 11.0 Å². The van der Waals surface area contributed by atoms with Gasteiger partial charge in [-0.1, -0.05) is 6.07 Å². The van der Waals surface area contributed by atoms with Crippen LogP contribution < -0.4 is 15.8 Å². The van der Waals surface area contributed by atoms with E-state index in [0.717, 1.165) is 0 Å². The van der Waals surface area contributed by atoms with Crippen molar-refractivity contribution < 1.29 is 19.2 Å². The number of ether oxygens (including phenoxy) is 1. The fourth-order valence-electron chi connectivity index (χ4n) is 1.89. The van der Waals surface area contributed by atoms with Crippen LogP contribution in [-0.2, 0) is 4.79 Å². The molecule has 0 saturated heterocycles. The number of nitro groups is 1. The van der Waals surface area contributed by atoms with Crippen molar-refractivity contribution in [2.75, 3.05) is 5.32 Å². The third-order valence-electron chi connectivity index (χ3n) is 3.15. The number of non-ortho nitro benzene ring substituents is 1. The highest BCUT2D eigenvalue weighted by Crippen LogP contribution is 2.20. The van der Waals surface area contributed by atoms with Crippen LogP contribution in [0.15, 0.2) is 48.5 Å². The number of benzene rings is 2. The van der Waals surface area contributed by atoms with Gasteiger partial charge in [0.25, 0.3) is 11.6 Å². The summed E-state index contributed by atoms with van der Waals surface area (Å²) < 4.78 is 5.41. The summed E-state index contributed by atoms with van der Waals surface area (Å²) in [6.45, 7) is 1.52. The molecule has 8 heteroatoms. The van der Waals surface area contributed by atoms with E-state index in [9.17, 15) is 19.7 Å². The van der Waals surface area contributed by atoms with Crippen molar-refractivity contribution in [2.45, 2.75) is 13.0 Å². The summed E-state index contributed by atoms with van der Waals surface area (Å²) in [5.41, 5.74) is 5.81. The Bertz CT molecular complexity index is 774. The zero-order valence-corrected chi connectivity index (χ0v) is 12.8. The minimum atomic E-state index is -0.872. The van der Waals surface area contributed by atoms with E-state index in [1.54, 1.807) is 0 Å². The summed E-state index contributed by atoms with van der Waals surface area (Å²) in [6.07, 6.45) is -0.872. The first kappa shape index (κ1) is 16.9. The fourth-order valence-corrected chi connectivity index (χ4v) is 1.89. The maximum absolute atomic E-state index is 12.1. The lowest BCUT2D eigenvalue weighted by Gasteiger charge is -2.14. The number of hydrogen-bond donors (Lipinski definition) is 2. The van der Waals surface area contributed by atoms with E-state index in [2.05, 4.69) is 5.32 Å². The van der Waals surface area contributed by atoms with Crippen LogP contribution >= 0.6 is 0 Å². The number of primary amides is 1. The van der Waals surface area contributed by atoms with Gasteiger partial charge in [-0.15, -0.1) is 0 Å². The number of carbonyl (C=O) groups is 2. The monoisotopic (exact) mass is 329 g/mol. The van der Waals surface area contributed by atoms with Gasteiger partial charge in [-0.2, -0.15) is 0 Å². The van der Waals surface area contributed by atoms with Gasteiger partial charge in [0.2, 0.25) is 5.91 Å². The Balaban J connectivity index is 2.00. The largest absolute Gasteiger partial charge is 0.481 e. The van der Waals surface area contributed by atoms with E-state index < -0.39 is 22.8 Å². The molecule has 0 heterocycles. The number of nitrogens with two attached hydrogens (primary N) is 1. The molecule has 124 valence electrons. The number of rotatable bonds is 6. The minimum absolute atomic E-state index is 0.123. The average Bonchev–Trinajstić information content (AvgIpc) is 2.55. The highest BCUT2D eigenvalue weighted by molar-refractivity contribution is 5.96. The summed E-state index contributed by atoms with van der Waals surface area (Å²) in [5.74, 6) is -0.778.